The lowest BCUT2D eigenvalue weighted by Crippen LogP contribution is -2.40. The molecule has 0 bridgehead atoms. The van der Waals surface area contributed by atoms with Gasteiger partial charge >= 0.3 is 0 Å². The van der Waals surface area contributed by atoms with E-state index in [1.807, 2.05) is 34.6 Å². The van der Waals surface area contributed by atoms with Crippen molar-refractivity contribution >= 4 is 5.91 Å². The molecule has 16 heavy (non-hydrogen) atoms. The van der Waals surface area contributed by atoms with Crippen LogP contribution in [0.1, 0.15) is 36.8 Å². The lowest BCUT2D eigenvalue weighted by Gasteiger charge is -2.21. The fourth-order valence-electron chi connectivity index (χ4n) is 1.80. The number of rotatable bonds is 3. The number of aromatic nitrogens is 2. The van der Waals surface area contributed by atoms with Crippen LogP contribution in [0.4, 0.5) is 0 Å². The summed E-state index contributed by atoms with van der Waals surface area (Å²) in [6, 6.07) is -0.350. The Morgan fingerprint density at radius 1 is 1.38 bits per heavy atom. The van der Waals surface area contributed by atoms with Gasteiger partial charge in [0.15, 0.2) is 0 Å². The maximum atomic E-state index is 11.7. The third kappa shape index (κ3) is 2.09. The van der Waals surface area contributed by atoms with Crippen LogP contribution >= 0.6 is 0 Å². The van der Waals surface area contributed by atoms with Crippen molar-refractivity contribution in [1.82, 2.24) is 15.2 Å². The number of nitrogens with zero attached hydrogens (tertiary/aromatic N) is 2. The predicted molar refractivity (Wildman–Crippen MR) is 62.6 cm³/mol. The van der Waals surface area contributed by atoms with Crippen molar-refractivity contribution < 1.29 is 4.79 Å². The fraction of sp³-hybridized carbons (Fsp3) is 0.636. The van der Waals surface area contributed by atoms with Crippen LogP contribution < -0.4 is 11.3 Å². The molecule has 0 aliphatic rings. The summed E-state index contributed by atoms with van der Waals surface area (Å²) in [7, 11) is 0. The zero-order chi connectivity index (χ0) is 12.5. The van der Waals surface area contributed by atoms with Crippen LogP contribution in [-0.2, 0) is 4.79 Å². The average Bonchev–Trinajstić information content (AvgIpc) is 2.46. The van der Waals surface area contributed by atoms with Crippen LogP contribution in [0.5, 0.6) is 0 Å². The van der Waals surface area contributed by atoms with Crippen LogP contribution in [-0.4, -0.2) is 15.7 Å². The summed E-state index contributed by atoms with van der Waals surface area (Å²) in [4.78, 5) is 11.7. The van der Waals surface area contributed by atoms with Gasteiger partial charge in [-0.2, -0.15) is 5.10 Å². The van der Waals surface area contributed by atoms with Crippen molar-refractivity contribution in [2.45, 2.75) is 40.7 Å². The molecule has 0 fully saturated rings. The van der Waals surface area contributed by atoms with Gasteiger partial charge in [0.2, 0.25) is 0 Å². The third-order valence-corrected chi connectivity index (χ3v) is 2.99. The van der Waals surface area contributed by atoms with Gasteiger partial charge < -0.3 is 0 Å². The zero-order valence-electron chi connectivity index (χ0n) is 10.5. The molecule has 5 heteroatoms. The minimum atomic E-state index is -0.350. The maximum absolute atomic E-state index is 11.7. The van der Waals surface area contributed by atoms with E-state index >= 15 is 0 Å². The highest BCUT2D eigenvalue weighted by Gasteiger charge is 2.26. The van der Waals surface area contributed by atoms with Gasteiger partial charge in [0, 0.05) is 5.69 Å². The number of amides is 1. The first-order chi connectivity index (χ1) is 7.40. The van der Waals surface area contributed by atoms with Gasteiger partial charge in [-0.1, -0.05) is 13.8 Å². The summed E-state index contributed by atoms with van der Waals surface area (Å²) in [5.74, 6) is 5.13. The molecular weight excluding hydrogens is 204 g/mol. The highest BCUT2D eigenvalue weighted by molar-refractivity contribution is 5.79. The molecule has 0 spiro atoms. The average molecular weight is 224 g/mol. The molecule has 0 aromatic carbocycles. The van der Waals surface area contributed by atoms with Crippen LogP contribution in [0.2, 0.25) is 0 Å². The monoisotopic (exact) mass is 224 g/mol. The van der Waals surface area contributed by atoms with E-state index in [0.29, 0.717) is 0 Å². The Balaban J connectivity index is 3.21. The molecular formula is C11H20N4O. The number of hydrazine groups is 1. The van der Waals surface area contributed by atoms with Crippen molar-refractivity contribution in [3.05, 3.63) is 17.0 Å². The van der Waals surface area contributed by atoms with Gasteiger partial charge in [0.25, 0.3) is 5.91 Å². The van der Waals surface area contributed by atoms with E-state index in [1.165, 1.54) is 0 Å². The molecule has 1 rings (SSSR count). The van der Waals surface area contributed by atoms with Gasteiger partial charge in [-0.05, 0) is 32.3 Å². The quantitative estimate of drug-likeness (QED) is 0.457. The number of carbonyl (C=O) groups is 1. The van der Waals surface area contributed by atoms with Crippen LogP contribution in [0.25, 0.3) is 0 Å². The van der Waals surface area contributed by atoms with E-state index in [1.54, 1.807) is 4.68 Å². The highest BCUT2D eigenvalue weighted by atomic mass is 16.2. The SMILES string of the molecule is Cc1nn(C(C(=O)NN)C(C)C)c(C)c1C. The summed E-state index contributed by atoms with van der Waals surface area (Å²) >= 11 is 0. The van der Waals surface area contributed by atoms with Crippen molar-refractivity contribution in [3.8, 4) is 0 Å². The second-order valence-corrected chi connectivity index (χ2v) is 4.44. The molecule has 1 atom stereocenters. The largest absolute Gasteiger partial charge is 0.292 e. The lowest BCUT2D eigenvalue weighted by molar-refractivity contribution is -0.126. The van der Waals surface area contributed by atoms with Gasteiger partial charge in [-0.3, -0.25) is 14.9 Å². The first-order valence-corrected chi connectivity index (χ1v) is 5.42. The first kappa shape index (κ1) is 12.7. The molecule has 0 aliphatic heterocycles. The minimum Gasteiger partial charge on any atom is -0.292 e. The van der Waals surface area contributed by atoms with E-state index in [0.717, 1.165) is 17.0 Å². The Labute approximate surface area is 96.0 Å². The van der Waals surface area contributed by atoms with E-state index in [2.05, 4.69) is 10.5 Å². The lowest BCUT2D eigenvalue weighted by atomic mass is 10.0. The molecule has 0 radical (unpaired) electrons. The maximum Gasteiger partial charge on any atom is 0.259 e. The molecule has 1 aromatic heterocycles. The van der Waals surface area contributed by atoms with E-state index in [4.69, 9.17) is 5.84 Å². The highest BCUT2D eigenvalue weighted by Crippen LogP contribution is 2.22. The minimum absolute atomic E-state index is 0.140. The Kier molecular flexibility index (Phi) is 3.70. The van der Waals surface area contributed by atoms with E-state index in [-0.39, 0.29) is 17.9 Å². The molecule has 90 valence electrons. The first-order valence-electron chi connectivity index (χ1n) is 5.42. The van der Waals surface area contributed by atoms with E-state index < -0.39 is 0 Å². The van der Waals surface area contributed by atoms with Crippen molar-refractivity contribution in [3.63, 3.8) is 0 Å². The standard InChI is InChI=1S/C11H20N4O/c1-6(2)10(11(16)13-12)15-9(5)7(3)8(4)14-15/h6,10H,12H2,1-5H3,(H,13,16). The van der Waals surface area contributed by atoms with Crippen LogP contribution in [0.15, 0.2) is 0 Å². The topological polar surface area (TPSA) is 72.9 Å². The van der Waals surface area contributed by atoms with Gasteiger partial charge in [-0.25, -0.2) is 5.84 Å². The Morgan fingerprint density at radius 2 is 1.94 bits per heavy atom. The number of nitrogens with two attached hydrogens (primary N) is 1. The van der Waals surface area contributed by atoms with Crippen molar-refractivity contribution in [2.24, 2.45) is 11.8 Å². The molecule has 1 aromatic rings. The van der Waals surface area contributed by atoms with E-state index in [9.17, 15) is 4.79 Å². The number of carbonyl (C=O) groups excluding carboxylic acids is 1. The second-order valence-electron chi connectivity index (χ2n) is 4.44. The van der Waals surface area contributed by atoms with Crippen LogP contribution in [0, 0.1) is 26.7 Å². The number of aryl methyl sites for hydroxylation is 1. The Morgan fingerprint density at radius 3 is 2.25 bits per heavy atom. The summed E-state index contributed by atoms with van der Waals surface area (Å²) in [6.45, 7) is 9.87. The molecule has 0 saturated heterocycles. The van der Waals surface area contributed by atoms with Gasteiger partial charge in [-0.15, -0.1) is 0 Å². The summed E-state index contributed by atoms with van der Waals surface area (Å²) in [5.41, 5.74) is 5.29. The Hall–Kier alpha value is -1.36. The Bertz CT molecular complexity index is 395. The molecule has 3 N–H and O–H groups in total. The predicted octanol–water partition coefficient (Wildman–Crippen LogP) is 0.995. The number of hydrogen-bond acceptors (Lipinski definition) is 3. The summed E-state index contributed by atoms with van der Waals surface area (Å²) in [5, 5.41) is 4.40. The zero-order valence-corrected chi connectivity index (χ0v) is 10.5. The van der Waals surface area contributed by atoms with Gasteiger partial charge in [0.05, 0.1) is 5.69 Å². The smallest absolute Gasteiger partial charge is 0.259 e. The molecule has 5 nitrogen and oxygen atoms in total. The van der Waals surface area contributed by atoms with Crippen molar-refractivity contribution in [2.75, 3.05) is 0 Å². The second kappa shape index (κ2) is 4.65. The number of hydrogen-bond donors (Lipinski definition) is 2. The summed E-state index contributed by atoms with van der Waals surface area (Å²) < 4.78 is 1.76. The molecule has 1 heterocycles. The fourth-order valence-corrected chi connectivity index (χ4v) is 1.80. The normalized spacial score (nSPS) is 12.9. The molecule has 1 unspecified atom stereocenters. The van der Waals surface area contributed by atoms with Gasteiger partial charge in [0.1, 0.15) is 6.04 Å². The number of nitrogens with one attached hydrogen (secondary N) is 1. The molecule has 1 amide bonds. The molecule has 0 aliphatic carbocycles. The summed E-state index contributed by atoms with van der Waals surface area (Å²) in [6.07, 6.45) is 0. The molecule has 0 saturated carbocycles. The third-order valence-electron chi connectivity index (χ3n) is 2.99. The van der Waals surface area contributed by atoms with Crippen LogP contribution in [0.3, 0.4) is 0 Å². The van der Waals surface area contributed by atoms with Crippen molar-refractivity contribution in [1.29, 1.82) is 0 Å².